The molecule has 0 bridgehead atoms. The van der Waals surface area contributed by atoms with Crippen LogP contribution in [0.4, 0.5) is 0 Å². The second kappa shape index (κ2) is 24.2. The second-order valence-corrected chi connectivity index (χ2v) is 20.6. The number of aromatic nitrogens is 2. The van der Waals surface area contributed by atoms with Crippen molar-refractivity contribution in [2.45, 2.75) is 152 Å². The highest BCUT2D eigenvalue weighted by atomic mass is 16.5. The quantitative estimate of drug-likeness (QED) is 0.138. The van der Waals surface area contributed by atoms with Crippen molar-refractivity contribution in [2.75, 3.05) is 26.2 Å². The minimum Gasteiger partial charge on any atom is -0.481 e. The smallest absolute Gasteiger partial charge is 0.306 e. The number of carbonyl (C=O) groups is 3. The predicted molar refractivity (Wildman–Crippen MR) is 263 cm³/mol. The third-order valence-corrected chi connectivity index (χ3v) is 14.0. The van der Waals surface area contributed by atoms with E-state index in [1.165, 1.54) is 31.2 Å². The Balaban J connectivity index is 0.000000239. The molecule has 4 aliphatic rings. The highest BCUT2D eigenvalue weighted by Gasteiger charge is 2.32. The molecule has 8 rings (SSSR count). The SMILES string of the molecule is C.C.CC(C)(C)C1CCC(Oc2ccc3cc(C=O)ccc3n2)CC1.CC(C)(C)C1CCC(Oc2ccc3cc(CN4CCC(C(=O)O)CC4)ccc3n2)CC1.O=C(O)C1CCNCC1. The fraction of sp³-hybridized carbons (Fsp3) is 0.611. The van der Waals surface area contributed by atoms with E-state index in [-0.39, 0.29) is 38.9 Å². The maximum atomic E-state index is 11.1. The van der Waals surface area contributed by atoms with Gasteiger partial charge in [-0.05, 0) is 174 Å². The summed E-state index contributed by atoms with van der Waals surface area (Å²) in [5, 5.41) is 22.9. The van der Waals surface area contributed by atoms with Gasteiger partial charge in [-0.15, -0.1) is 0 Å². The van der Waals surface area contributed by atoms with Crippen LogP contribution in [0.2, 0.25) is 0 Å². The Hall–Kier alpha value is -4.61. The lowest BCUT2D eigenvalue weighted by Gasteiger charge is -2.36. The van der Waals surface area contributed by atoms with Crippen molar-refractivity contribution in [1.29, 1.82) is 0 Å². The van der Waals surface area contributed by atoms with Crippen LogP contribution in [0.15, 0.2) is 60.7 Å². The van der Waals surface area contributed by atoms with Crippen molar-refractivity contribution in [3.05, 3.63) is 71.8 Å². The summed E-state index contributed by atoms with van der Waals surface area (Å²) in [6.45, 7) is 18.3. The molecule has 0 spiro atoms. The Morgan fingerprint density at radius 3 is 1.51 bits per heavy atom. The maximum absolute atomic E-state index is 11.1. The van der Waals surface area contributed by atoms with E-state index >= 15 is 0 Å². The number of nitrogens with one attached hydrogen (secondary N) is 1. The van der Waals surface area contributed by atoms with Gasteiger partial charge in [-0.3, -0.25) is 19.3 Å². The van der Waals surface area contributed by atoms with E-state index in [2.05, 4.69) is 81.0 Å². The molecule has 2 aromatic heterocycles. The lowest BCUT2D eigenvalue weighted by atomic mass is 9.72. The minimum atomic E-state index is -0.656. The van der Waals surface area contributed by atoms with Gasteiger partial charge in [0.1, 0.15) is 18.5 Å². The Bertz CT molecular complexity index is 2120. The number of carboxylic acids is 2. The lowest BCUT2D eigenvalue weighted by molar-refractivity contribution is -0.144. The molecule has 0 amide bonds. The fourth-order valence-corrected chi connectivity index (χ4v) is 9.68. The third-order valence-electron chi connectivity index (χ3n) is 14.0. The van der Waals surface area contributed by atoms with Crippen molar-refractivity contribution < 1.29 is 34.1 Å². The van der Waals surface area contributed by atoms with Gasteiger partial charge in [0.05, 0.1) is 22.9 Å². The van der Waals surface area contributed by atoms with E-state index in [9.17, 15) is 14.4 Å². The third kappa shape index (κ3) is 15.8. The van der Waals surface area contributed by atoms with Gasteiger partial charge in [-0.2, -0.15) is 0 Å². The van der Waals surface area contributed by atoms with Crippen LogP contribution >= 0.6 is 0 Å². The van der Waals surface area contributed by atoms with Gasteiger partial charge in [-0.1, -0.05) is 62.5 Å². The molecule has 4 fully saturated rings. The summed E-state index contributed by atoms with van der Waals surface area (Å²) in [6.07, 6.45) is 13.8. The summed E-state index contributed by atoms with van der Waals surface area (Å²) in [4.78, 5) is 44.0. The molecule has 4 heterocycles. The monoisotopic (exact) mass is 897 g/mol. The highest BCUT2D eigenvalue weighted by molar-refractivity contribution is 5.87. The number of likely N-dealkylation sites (tertiary alicyclic amines) is 1. The van der Waals surface area contributed by atoms with E-state index in [1.807, 2.05) is 30.3 Å². The zero-order valence-electron chi connectivity index (χ0n) is 38.6. The number of hydrogen-bond acceptors (Lipinski definition) is 9. The fourth-order valence-electron chi connectivity index (χ4n) is 9.68. The molecule has 0 unspecified atom stereocenters. The Labute approximate surface area is 389 Å². The maximum Gasteiger partial charge on any atom is 0.306 e. The molecule has 4 aromatic rings. The zero-order valence-corrected chi connectivity index (χ0v) is 38.6. The van der Waals surface area contributed by atoms with Gasteiger partial charge in [0.2, 0.25) is 11.8 Å². The molecule has 2 saturated heterocycles. The molecule has 11 heteroatoms. The number of fused-ring (bicyclic) bond motifs is 2. The highest BCUT2D eigenvalue weighted by Crippen LogP contribution is 2.40. The topological polar surface area (TPSA) is 151 Å². The van der Waals surface area contributed by atoms with Gasteiger partial charge < -0.3 is 25.0 Å². The number of rotatable bonds is 9. The van der Waals surface area contributed by atoms with E-state index in [4.69, 9.17) is 24.7 Å². The first kappa shape index (κ1) is 53.0. The normalized spacial score (nSPS) is 22.1. The van der Waals surface area contributed by atoms with Crippen LogP contribution in [-0.4, -0.2) is 81.7 Å². The van der Waals surface area contributed by atoms with E-state index in [1.54, 1.807) is 6.07 Å². The summed E-state index contributed by atoms with van der Waals surface area (Å²) < 4.78 is 12.3. The van der Waals surface area contributed by atoms with Crippen molar-refractivity contribution >= 4 is 40.0 Å². The molecule has 2 saturated carbocycles. The average molecular weight is 897 g/mol. The van der Waals surface area contributed by atoms with Crippen LogP contribution in [0.3, 0.4) is 0 Å². The molecule has 2 aliphatic carbocycles. The van der Waals surface area contributed by atoms with Crippen molar-refractivity contribution in [3.63, 3.8) is 0 Å². The molecule has 0 atom stereocenters. The zero-order chi connectivity index (χ0) is 45.1. The van der Waals surface area contributed by atoms with E-state index in [0.717, 1.165) is 130 Å². The molecule has 2 aromatic carbocycles. The summed E-state index contributed by atoms with van der Waals surface area (Å²) in [5.74, 6) is 1.42. The number of hydrogen-bond donors (Lipinski definition) is 3. The first-order chi connectivity index (χ1) is 30.0. The second-order valence-electron chi connectivity index (χ2n) is 20.6. The van der Waals surface area contributed by atoms with E-state index < -0.39 is 11.9 Å². The molecular weight excluding hydrogens is 817 g/mol. The number of aldehydes is 1. The van der Waals surface area contributed by atoms with Crippen molar-refractivity contribution in [3.8, 4) is 11.8 Å². The summed E-state index contributed by atoms with van der Waals surface area (Å²) in [5.41, 5.74) is 4.54. The molecule has 65 heavy (non-hydrogen) atoms. The number of benzene rings is 2. The van der Waals surface area contributed by atoms with Crippen LogP contribution in [0, 0.1) is 34.5 Å². The van der Waals surface area contributed by atoms with Gasteiger partial charge in [0.25, 0.3) is 0 Å². The summed E-state index contributed by atoms with van der Waals surface area (Å²) in [7, 11) is 0. The van der Waals surface area contributed by atoms with Gasteiger partial charge >= 0.3 is 11.9 Å². The van der Waals surface area contributed by atoms with Crippen LogP contribution in [-0.2, 0) is 16.1 Å². The standard InChI is InChI=1S/C26H36N2O3.C20H25NO2.C6H11NO2.2CH4/c1-26(2,3)21-6-8-22(9-7-21)31-24-11-5-20-16-18(4-10-23(20)27-24)17-28-14-12-19(13-15-28)25(29)30;1-20(2,3)16-6-8-17(9-7-16)23-19-11-5-15-12-14(13-22)4-10-18(15)21-19;8-6(9)5-1-3-7-4-2-5;;/h4-5,10-11,16,19,21-22H,6-9,12-15,17H2,1-3H3,(H,29,30);4-5,10-13,16-17H,6-9H2,1-3H3;5,7H,1-4H2,(H,8,9);2*1H4. The van der Waals surface area contributed by atoms with E-state index in [0.29, 0.717) is 22.3 Å². The number of piperidine rings is 2. The first-order valence-corrected chi connectivity index (χ1v) is 23.5. The molecule has 11 nitrogen and oxygen atoms in total. The van der Waals surface area contributed by atoms with Crippen LogP contribution in [0.5, 0.6) is 11.8 Å². The van der Waals surface area contributed by atoms with Crippen molar-refractivity contribution in [1.82, 2.24) is 20.2 Å². The van der Waals surface area contributed by atoms with Gasteiger partial charge in [-0.25, -0.2) is 9.97 Å². The molecule has 3 N–H and O–H groups in total. The number of aliphatic carboxylic acids is 2. The summed E-state index contributed by atoms with van der Waals surface area (Å²) >= 11 is 0. The van der Waals surface area contributed by atoms with Crippen molar-refractivity contribution in [2.24, 2.45) is 34.5 Å². The average Bonchev–Trinajstić information content (AvgIpc) is 3.27. The number of carbonyl (C=O) groups excluding carboxylic acids is 1. The summed E-state index contributed by atoms with van der Waals surface area (Å²) in [6, 6.07) is 19.9. The van der Waals surface area contributed by atoms with Gasteiger partial charge in [0, 0.05) is 35.0 Å². The largest absolute Gasteiger partial charge is 0.481 e. The van der Waals surface area contributed by atoms with Crippen LogP contribution in [0.1, 0.15) is 149 Å². The molecule has 2 aliphatic heterocycles. The Morgan fingerprint density at radius 1 is 0.631 bits per heavy atom. The molecule has 358 valence electrons. The Morgan fingerprint density at radius 2 is 1.08 bits per heavy atom. The van der Waals surface area contributed by atoms with Gasteiger partial charge in [0.15, 0.2) is 0 Å². The van der Waals surface area contributed by atoms with Crippen LogP contribution in [0.25, 0.3) is 21.8 Å². The number of ether oxygens (including phenoxy) is 2. The van der Waals surface area contributed by atoms with Crippen LogP contribution < -0.4 is 14.8 Å². The Kier molecular flexibility index (Phi) is 19.8. The minimum absolute atomic E-state index is 0. The molecule has 0 radical (unpaired) electrons. The number of nitrogens with zero attached hydrogens (tertiary/aromatic N) is 3. The number of pyridine rings is 2. The number of carboxylic acid groups (broad SMARTS) is 2. The lowest BCUT2D eigenvalue weighted by Crippen LogP contribution is -2.35. The first-order valence-electron chi connectivity index (χ1n) is 23.5. The molecular formula is C54H80N4O7. The predicted octanol–water partition coefficient (Wildman–Crippen LogP) is 11.9.